The molecule has 0 bridgehead atoms. The zero-order chi connectivity index (χ0) is 54.7. The Labute approximate surface area is 429 Å². The van der Waals surface area contributed by atoms with Crippen LogP contribution in [0.25, 0.3) is 4.85 Å². The predicted octanol–water partition coefficient (Wildman–Crippen LogP) is -2.58. The van der Waals surface area contributed by atoms with Gasteiger partial charge in [0.05, 0.1) is 30.9 Å². The molecular weight excluding hydrogens is 965 g/mol. The number of primary amides is 2. The van der Waals surface area contributed by atoms with Crippen LogP contribution in [0, 0.1) is 40.6 Å². The minimum absolute atomic E-state index is 0.0463. The van der Waals surface area contributed by atoms with Gasteiger partial charge in [-0.05, 0) is 90.0 Å². The first-order chi connectivity index (χ1) is 35.5. The van der Waals surface area contributed by atoms with Gasteiger partial charge in [0.25, 0.3) is 17.7 Å². The average Bonchev–Trinajstić information content (AvgIpc) is 4.27. The number of aldehydes is 1. The lowest BCUT2D eigenvalue weighted by atomic mass is 10.2. The zero-order valence-electron chi connectivity index (χ0n) is 41.2. The SMILES string of the molecule is N#CC1CCCN1C(=O)C(O)CO.N#CC1CCCN1C(=O)C=O.NC(=O)C1CCCN1.NC(=O)C1CCCN1C(=O)/C=C/C(=O)N1CCCC1NC=O.[C-]#[N+]C1CCCN1C(=O)/C=C/C(=O)N1CCCC1C#N. The van der Waals surface area contributed by atoms with Crippen LogP contribution in [0.2, 0.25) is 0 Å². The van der Waals surface area contributed by atoms with E-state index in [-0.39, 0.29) is 54.2 Å². The lowest BCUT2D eigenvalue weighted by molar-refractivity contribution is -0.142. The minimum Gasteiger partial charge on any atom is -0.393 e. The van der Waals surface area contributed by atoms with Gasteiger partial charge < -0.3 is 56.8 Å². The second-order valence-electron chi connectivity index (χ2n) is 17.8. The van der Waals surface area contributed by atoms with E-state index in [2.05, 4.69) is 21.5 Å². The molecule has 0 aromatic rings. The van der Waals surface area contributed by atoms with Crippen molar-refractivity contribution in [2.45, 2.75) is 139 Å². The maximum Gasteiger partial charge on any atom is 0.300 e. The summed E-state index contributed by atoms with van der Waals surface area (Å²) in [6.07, 6.45) is 14.2. The van der Waals surface area contributed by atoms with Crippen molar-refractivity contribution >= 4 is 60.0 Å². The number of nitriles is 3. The molecule has 7 fully saturated rings. The molecule has 8 atom stereocenters. The number of aliphatic hydroxyl groups excluding tert-OH is 2. The maximum absolute atomic E-state index is 12.1. The summed E-state index contributed by atoms with van der Waals surface area (Å²) in [5, 5.41) is 49.2. The number of nitrogens with two attached hydrogens (primary N) is 2. The highest BCUT2D eigenvalue weighted by molar-refractivity contribution is 6.23. The fourth-order valence-corrected chi connectivity index (χ4v) is 9.18. The number of nitrogens with one attached hydrogen (secondary N) is 2. The Morgan fingerprint density at radius 1 is 0.608 bits per heavy atom. The van der Waals surface area contributed by atoms with Crippen molar-refractivity contribution in [3.8, 4) is 18.2 Å². The molecule has 0 aromatic heterocycles. The van der Waals surface area contributed by atoms with Crippen LogP contribution in [0.4, 0.5) is 0 Å². The molecule has 7 heterocycles. The second kappa shape index (κ2) is 31.6. The van der Waals surface area contributed by atoms with Crippen LogP contribution in [-0.2, 0) is 47.9 Å². The Balaban J connectivity index is 0.000000255. The molecule has 8 unspecified atom stereocenters. The van der Waals surface area contributed by atoms with Crippen LogP contribution in [0.1, 0.15) is 89.9 Å². The number of rotatable bonds is 11. The molecule has 26 heteroatoms. The van der Waals surface area contributed by atoms with Crippen LogP contribution < -0.4 is 22.1 Å². The fourth-order valence-electron chi connectivity index (χ4n) is 9.18. The monoisotopic (exact) mass is 1030 g/mol. The molecule has 7 aliphatic heterocycles. The van der Waals surface area contributed by atoms with Crippen LogP contribution in [-0.4, -0.2) is 201 Å². The van der Waals surface area contributed by atoms with Gasteiger partial charge in [-0.3, -0.25) is 57.7 Å². The van der Waals surface area contributed by atoms with Crippen molar-refractivity contribution in [1.29, 1.82) is 15.8 Å². The van der Waals surface area contributed by atoms with E-state index in [1.54, 1.807) is 0 Å². The highest BCUT2D eigenvalue weighted by atomic mass is 16.3. The standard InChI is InChI=1S/C14H20N4O4.C14H16N4O2.C8H12N2O3.C7H8N2O2.C5H10N2O/c15-14(22)10-3-1-7-17(10)12(20)5-6-13(21)18-8-2-4-11(18)16-9-19;1-16-12-5-3-9-18(12)14(20)7-6-13(19)17-8-2-4-11(17)10-15;9-4-6-2-1-3-10(6)8(13)7(12)5-11;8-4-6-2-1-3-9(6)7(11)5-10;6-5(8)4-2-1-3-7-4/h5-6,9-11H,1-4,7-8H2,(H2,15,22)(H,16,19);6-7,11-12H,2-5,8-9H2;6-7,11-12H,1-3,5H2;5-6H,1-3H2;4,7H,1-3H2,(H2,6,8)/b6-5+;7-6+;;;. The molecule has 9 amide bonds. The molecule has 7 rings (SSSR count). The Bertz CT molecular complexity index is 2200. The third-order valence-corrected chi connectivity index (χ3v) is 13.1. The Morgan fingerprint density at radius 3 is 1.53 bits per heavy atom. The largest absolute Gasteiger partial charge is 0.393 e. The van der Waals surface area contributed by atoms with E-state index in [4.69, 9.17) is 44.0 Å². The lowest BCUT2D eigenvalue weighted by Gasteiger charge is -2.23. The number of amides is 9. The summed E-state index contributed by atoms with van der Waals surface area (Å²) in [7, 11) is 0. The predicted molar refractivity (Wildman–Crippen MR) is 258 cm³/mol. The number of aliphatic hydroxyl groups is 2. The Morgan fingerprint density at radius 2 is 1.05 bits per heavy atom. The third kappa shape index (κ3) is 17.8. The number of hydrogen-bond acceptors (Lipinski definition) is 16. The summed E-state index contributed by atoms with van der Waals surface area (Å²) in [4.78, 5) is 124. The van der Waals surface area contributed by atoms with Crippen LogP contribution >= 0.6 is 0 Å². The molecular formula is C48H66N14O12. The molecule has 400 valence electrons. The number of likely N-dealkylation sites (tertiary alicyclic amines) is 6. The zero-order valence-corrected chi connectivity index (χ0v) is 41.2. The normalized spacial score (nSPS) is 25.0. The van der Waals surface area contributed by atoms with Crippen molar-refractivity contribution in [2.75, 3.05) is 52.4 Å². The van der Waals surface area contributed by atoms with Crippen LogP contribution in [0.3, 0.4) is 0 Å². The number of nitrogens with zero attached hydrogens (tertiary/aromatic N) is 10. The van der Waals surface area contributed by atoms with Crippen molar-refractivity contribution in [1.82, 2.24) is 40.0 Å². The molecule has 7 saturated heterocycles. The Kier molecular flexibility index (Phi) is 25.9. The van der Waals surface area contributed by atoms with Gasteiger partial charge in [-0.1, -0.05) is 0 Å². The molecule has 0 aliphatic carbocycles. The lowest BCUT2D eigenvalue weighted by Crippen LogP contribution is -2.44. The van der Waals surface area contributed by atoms with Gasteiger partial charge >= 0.3 is 6.17 Å². The van der Waals surface area contributed by atoms with E-state index in [0.717, 1.165) is 57.9 Å². The van der Waals surface area contributed by atoms with E-state index < -0.39 is 54.6 Å². The highest BCUT2D eigenvalue weighted by Gasteiger charge is 2.35. The first-order valence-electron chi connectivity index (χ1n) is 24.5. The van der Waals surface area contributed by atoms with Crippen molar-refractivity contribution < 1.29 is 58.2 Å². The van der Waals surface area contributed by atoms with E-state index in [0.29, 0.717) is 84.2 Å². The fraction of sp³-hybridized carbons (Fsp3) is 0.625. The third-order valence-electron chi connectivity index (χ3n) is 13.1. The summed E-state index contributed by atoms with van der Waals surface area (Å²) in [6.45, 7) is 10.5. The van der Waals surface area contributed by atoms with Gasteiger partial charge in [0.2, 0.25) is 42.2 Å². The average molecular weight is 1030 g/mol. The first-order valence-corrected chi connectivity index (χ1v) is 24.5. The first kappa shape index (κ1) is 60.5. The van der Waals surface area contributed by atoms with Crippen LogP contribution in [0.5, 0.6) is 0 Å². The second-order valence-corrected chi connectivity index (χ2v) is 17.8. The van der Waals surface area contributed by atoms with Gasteiger partial charge in [0.15, 0.2) is 6.10 Å². The quantitative estimate of drug-likeness (QED) is 0.0536. The van der Waals surface area contributed by atoms with E-state index in [1.807, 2.05) is 12.1 Å². The van der Waals surface area contributed by atoms with E-state index >= 15 is 0 Å². The van der Waals surface area contributed by atoms with Crippen molar-refractivity contribution in [2.24, 2.45) is 11.5 Å². The minimum atomic E-state index is -1.38. The molecule has 74 heavy (non-hydrogen) atoms. The van der Waals surface area contributed by atoms with Gasteiger partial charge in [-0.25, -0.2) is 6.57 Å². The maximum atomic E-state index is 12.1. The molecule has 0 radical (unpaired) electrons. The topological polar surface area (TPSA) is 382 Å². The summed E-state index contributed by atoms with van der Waals surface area (Å²) in [6, 6.07) is 4.21. The molecule has 0 spiro atoms. The smallest absolute Gasteiger partial charge is 0.300 e. The summed E-state index contributed by atoms with van der Waals surface area (Å²) >= 11 is 0. The number of carbonyl (C=O) groups excluding carboxylic acids is 10. The highest BCUT2D eigenvalue weighted by Crippen LogP contribution is 2.22. The molecule has 8 N–H and O–H groups in total. The summed E-state index contributed by atoms with van der Waals surface area (Å²) < 4.78 is 0. The van der Waals surface area contributed by atoms with Gasteiger partial charge in [0, 0.05) is 70.0 Å². The van der Waals surface area contributed by atoms with E-state index in [9.17, 15) is 47.9 Å². The number of carbonyl (C=O) groups is 10. The molecule has 0 saturated carbocycles. The molecule has 7 aliphatic rings. The summed E-state index contributed by atoms with van der Waals surface area (Å²) in [5.41, 5.74) is 10.3. The van der Waals surface area contributed by atoms with Crippen LogP contribution in [0.15, 0.2) is 24.3 Å². The van der Waals surface area contributed by atoms with Crippen molar-refractivity contribution in [3.63, 3.8) is 0 Å². The van der Waals surface area contributed by atoms with Gasteiger partial charge in [-0.2, -0.15) is 15.8 Å². The number of hydrogen-bond donors (Lipinski definition) is 6. The van der Waals surface area contributed by atoms with Gasteiger partial charge in [0.1, 0.15) is 30.3 Å². The molecule has 26 nitrogen and oxygen atoms in total. The molecule has 0 aromatic carbocycles. The van der Waals surface area contributed by atoms with E-state index in [1.165, 1.54) is 53.7 Å². The Hall–Kier alpha value is -7.78. The van der Waals surface area contributed by atoms with Crippen molar-refractivity contribution in [3.05, 3.63) is 35.7 Å². The van der Waals surface area contributed by atoms with Gasteiger partial charge in [-0.15, -0.1) is 0 Å². The summed E-state index contributed by atoms with van der Waals surface area (Å²) in [5.74, 6) is -3.21.